The Kier molecular flexibility index (Phi) is 6.49. The molecule has 1 atom stereocenters. The van der Waals surface area contributed by atoms with Crippen LogP contribution in [0.25, 0.3) is 60.9 Å². The second-order valence-corrected chi connectivity index (χ2v) is 11.0. The van der Waals surface area contributed by atoms with E-state index in [1.165, 1.54) is 66.4 Å². The predicted octanol–water partition coefficient (Wildman–Crippen LogP) is 11.3. The summed E-state index contributed by atoms with van der Waals surface area (Å²) in [6.45, 7) is 4.58. The van der Waals surface area contributed by atoms with E-state index in [4.69, 9.17) is 0 Å². The van der Waals surface area contributed by atoms with Gasteiger partial charge in [-0.1, -0.05) is 117 Å². The highest BCUT2D eigenvalue weighted by Gasteiger charge is 2.15. The molecule has 198 valence electrons. The van der Waals surface area contributed by atoms with Gasteiger partial charge in [-0.3, -0.25) is 0 Å². The van der Waals surface area contributed by atoms with Crippen molar-refractivity contribution in [3.63, 3.8) is 0 Å². The Morgan fingerprint density at radius 3 is 1.68 bits per heavy atom. The van der Waals surface area contributed by atoms with Crippen molar-refractivity contribution in [2.45, 2.75) is 26.2 Å². The van der Waals surface area contributed by atoms with Crippen molar-refractivity contribution in [1.29, 1.82) is 0 Å². The van der Waals surface area contributed by atoms with Crippen LogP contribution >= 0.6 is 0 Å². The summed E-state index contributed by atoms with van der Waals surface area (Å²) in [4.78, 5) is 0. The molecule has 0 bridgehead atoms. The first-order chi connectivity index (χ1) is 20.2. The number of hydrogen-bond donors (Lipinski definition) is 0. The smallest absolute Gasteiger partial charge is 0.0543 e. The number of benzene rings is 6. The standard InChI is InChI=1S/C40H33N/c1-3-28(2)31-21-22-38-37-19-10-11-20-39(37)41(40(38)27-31)36-18-12-17-32(26-36)35-24-33(29-13-6-4-7-14-29)23-34(25-35)30-15-8-5-9-16-30/h4-28H,3H2,1-2H3. The lowest BCUT2D eigenvalue weighted by atomic mass is 9.93. The quantitative estimate of drug-likeness (QED) is 0.203. The predicted molar refractivity (Wildman–Crippen MR) is 176 cm³/mol. The molecule has 6 aromatic carbocycles. The fraction of sp³-hybridized carbons (Fsp3) is 0.100. The van der Waals surface area contributed by atoms with Crippen molar-refractivity contribution in [3.8, 4) is 39.1 Å². The maximum Gasteiger partial charge on any atom is 0.0543 e. The van der Waals surface area contributed by atoms with E-state index in [-0.39, 0.29) is 0 Å². The van der Waals surface area contributed by atoms with Gasteiger partial charge in [-0.15, -0.1) is 0 Å². The zero-order valence-electron chi connectivity index (χ0n) is 23.6. The van der Waals surface area contributed by atoms with Gasteiger partial charge in [-0.25, -0.2) is 0 Å². The summed E-state index contributed by atoms with van der Waals surface area (Å²) in [5.74, 6) is 0.523. The fourth-order valence-corrected chi connectivity index (χ4v) is 6.02. The van der Waals surface area contributed by atoms with Gasteiger partial charge in [0.2, 0.25) is 0 Å². The van der Waals surface area contributed by atoms with Crippen LogP contribution in [-0.4, -0.2) is 4.57 Å². The lowest BCUT2D eigenvalue weighted by Gasteiger charge is -2.14. The first kappa shape index (κ1) is 25.1. The molecule has 1 nitrogen and oxygen atoms in total. The number of nitrogens with zero attached hydrogens (tertiary/aromatic N) is 1. The van der Waals surface area contributed by atoms with Crippen LogP contribution in [-0.2, 0) is 0 Å². The molecule has 0 fully saturated rings. The zero-order chi connectivity index (χ0) is 27.8. The third-order valence-electron chi connectivity index (χ3n) is 8.46. The van der Waals surface area contributed by atoms with Crippen LogP contribution in [0.3, 0.4) is 0 Å². The van der Waals surface area contributed by atoms with E-state index in [0.29, 0.717) is 5.92 Å². The lowest BCUT2D eigenvalue weighted by Crippen LogP contribution is -1.96. The molecule has 41 heavy (non-hydrogen) atoms. The first-order valence-corrected chi connectivity index (χ1v) is 14.6. The molecule has 0 aliphatic carbocycles. The Morgan fingerprint density at radius 2 is 1.02 bits per heavy atom. The van der Waals surface area contributed by atoms with Gasteiger partial charge < -0.3 is 4.57 Å². The molecule has 7 rings (SSSR count). The molecular weight excluding hydrogens is 494 g/mol. The molecule has 0 aliphatic heterocycles. The van der Waals surface area contributed by atoms with Crippen molar-refractivity contribution in [2.75, 3.05) is 0 Å². The third-order valence-corrected chi connectivity index (χ3v) is 8.46. The Hall–Kier alpha value is -4.88. The third kappa shape index (κ3) is 4.64. The van der Waals surface area contributed by atoms with E-state index in [1.807, 2.05) is 0 Å². The van der Waals surface area contributed by atoms with E-state index >= 15 is 0 Å². The van der Waals surface area contributed by atoms with E-state index in [2.05, 4.69) is 164 Å². The van der Waals surface area contributed by atoms with Gasteiger partial charge in [-0.2, -0.15) is 0 Å². The number of para-hydroxylation sites is 1. The fourth-order valence-electron chi connectivity index (χ4n) is 6.02. The minimum Gasteiger partial charge on any atom is -0.309 e. The number of aromatic nitrogens is 1. The molecule has 0 saturated carbocycles. The summed E-state index contributed by atoms with van der Waals surface area (Å²) in [5, 5.41) is 2.59. The average Bonchev–Trinajstić information content (AvgIpc) is 3.38. The van der Waals surface area contributed by atoms with E-state index in [1.54, 1.807) is 0 Å². The highest BCUT2D eigenvalue weighted by molar-refractivity contribution is 6.09. The Labute approximate surface area is 242 Å². The molecule has 0 saturated heterocycles. The molecule has 1 aromatic heterocycles. The van der Waals surface area contributed by atoms with Gasteiger partial charge in [-0.05, 0) is 93.7 Å². The summed E-state index contributed by atoms with van der Waals surface area (Å²) in [6.07, 6.45) is 1.13. The van der Waals surface area contributed by atoms with Gasteiger partial charge in [0.1, 0.15) is 0 Å². The summed E-state index contributed by atoms with van der Waals surface area (Å²) in [7, 11) is 0. The van der Waals surface area contributed by atoms with Crippen molar-refractivity contribution in [3.05, 3.63) is 151 Å². The lowest BCUT2D eigenvalue weighted by molar-refractivity contribution is 0.734. The summed E-state index contributed by atoms with van der Waals surface area (Å²) in [5.41, 5.74) is 12.4. The summed E-state index contributed by atoms with van der Waals surface area (Å²) in [6, 6.07) is 53.2. The minimum absolute atomic E-state index is 0.523. The molecule has 0 N–H and O–H groups in total. The maximum absolute atomic E-state index is 2.44. The molecule has 0 radical (unpaired) electrons. The molecule has 1 heterocycles. The number of fused-ring (bicyclic) bond motifs is 3. The number of rotatable bonds is 6. The van der Waals surface area contributed by atoms with Crippen LogP contribution < -0.4 is 0 Å². The number of hydrogen-bond acceptors (Lipinski definition) is 0. The van der Waals surface area contributed by atoms with E-state index in [0.717, 1.165) is 6.42 Å². The van der Waals surface area contributed by atoms with Crippen LogP contribution in [0.1, 0.15) is 31.7 Å². The van der Waals surface area contributed by atoms with Crippen LogP contribution in [0.5, 0.6) is 0 Å². The van der Waals surface area contributed by atoms with Crippen molar-refractivity contribution in [2.24, 2.45) is 0 Å². The second-order valence-electron chi connectivity index (χ2n) is 11.0. The van der Waals surface area contributed by atoms with Crippen LogP contribution in [0.4, 0.5) is 0 Å². The van der Waals surface area contributed by atoms with Gasteiger partial charge in [0.25, 0.3) is 0 Å². The molecular formula is C40H33N. The maximum atomic E-state index is 2.44. The molecule has 0 spiro atoms. The van der Waals surface area contributed by atoms with Crippen molar-refractivity contribution >= 4 is 21.8 Å². The van der Waals surface area contributed by atoms with Crippen molar-refractivity contribution in [1.82, 2.24) is 4.57 Å². The topological polar surface area (TPSA) is 4.93 Å². The zero-order valence-corrected chi connectivity index (χ0v) is 23.6. The van der Waals surface area contributed by atoms with Crippen LogP contribution in [0.2, 0.25) is 0 Å². The monoisotopic (exact) mass is 527 g/mol. The Morgan fingerprint density at radius 1 is 0.463 bits per heavy atom. The molecule has 1 heteroatoms. The van der Waals surface area contributed by atoms with E-state index in [9.17, 15) is 0 Å². The van der Waals surface area contributed by atoms with Gasteiger partial charge >= 0.3 is 0 Å². The van der Waals surface area contributed by atoms with Crippen LogP contribution in [0, 0.1) is 0 Å². The summed E-state index contributed by atoms with van der Waals surface area (Å²) < 4.78 is 2.44. The highest BCUT2D eigenvalue weighted by atomic mass is 15.0. The van der Waals surface area contributed by atoms with Crippen molar-refractivity contribution < 1.29 is 0 Å². The van der Waals surface area contributed by atoms with Gasteiger partial charge in [0, 0.05) is 16.5 Å². The Bertz CT molecular complexity index is 1920. The minimum atomic E-state index is 0.523. The molecule has 1 unspecified atom stereocenters. The van der Waals surface area contributed by atoms with Crippen LogP contribution in [0.15, 0.2) is 146 Å². The molecule has 0 amide bonds. The second kappa shape index (κ2) is 10.6. The molecule has 0 aliphatic rings. The largest absolute Gasteiger partial charge is 0.309 e. The Balaban J connectivity index is 1.43. The normalized spacial score (nSPS) is 12.1. The van der Waals surface area contributed by atoms with Gasteiger partial charge in [0.15, 0.2) is 0 Å². The highest BCUT2D eigenvalue weighted by Crippen LogP contribution is 2.37. The first-order valence-electron chi connectivity index (χ1n) is 14.6. The summed E-state index contributed by atoms with van der Waals surface area (Å²) >= 11 is 0. The molecule has 7 aromatic rings. The van der Waals surface area contributed by atoms with Gasteiger partial charge in [0.05, 0.1) is 11.0 Å². The SMILES string of the molecule is CCC(C)c1ccc2c3ccccc3n(-c3cccc(-c4cc(-c5ccccc5)cc(-c5ccccc5)c4)c3)c2c1. The van der Waals surface area contributed by atoms with E-state index < -0.39 is 0 Å². The average molecular weight is 528 g/mol.